The largest absolute Gasteiger partial charge is 0.492 e. The minimum absolute atomic E-state index is 0.164. The fourth-order valence-corrected chi connectivity index (χ4v) is 2.19. The first-order chi connectivity index (χ1) is 12.1. The number of aryl methyl sites for hydroxylation is 1. The maximum Gasteiger partial charge on any atom is 0.253 e. The molecule has 25 heavy (non-hydrogen) atoms. The molecule has 2 aromatic rings. The van der Waals surface area contributed by atoms with E-state index < -0.39 is 6.10 Å². The number of benzene rings is 2. The van der Waals surface area contributed by atoms with Crippen LogP contribution in [0.5, 0.6) is 5.75 Å². The maximum absolute atomic E-state index is 12.3. The van der Waals surface area contributed by atoms with Crippen LogP contribution in [0.15, 0.2) is 48.5 Å². The number of aliphatic hydroxyl groups is 2. The van der Waals surface area contributed by atoms with E-state index in [1.54, 1.807) is 24.3 Å². The van der Waals surface area contributed by atoms with Gasteiger partial charge in [-0.15, -0.1) is 0 Å². The van der Waals surface area contributed by atoms with Gasteiger partial charge in [0.25, 0.3) is 5.91 Å². The Morgan fingerprint density at radius 1 is 1.16 bits per heavy atom. The number of hydrogen-bond donors (Lipinski definition) is 4. The molecule has 2 aromatic carbocycles. The number of ether oxygens (including phenoxy) is 1. The van der Waals surface area contributed by atoms with E-state index in [0.717, 1.165) is 11.3 Å². The van der Waals surface area contributed by atoms with Crippen LogP contribution < -0.4 is 15.4 Å². The molecule has 0 fully saturated rings. The molecule has 0 radical (unpaired) electrons. The molecule has 1 amide bonds. The summed E-state index contributed by atoms with van der Waals surface area (Å²) in [7, 11) is 0. The average Bonchev–Trinajstić information content (AvgIpc) is 2.64. The lowest BCUT2D eigenvalue weighted by Crippen LogP contribution is -2.29. The predicted octanol–water partition coefficient (Wildman–Crippen LogP) is 1.57. The van der Waals surface area contributed by atoms with E-state index in [0.29, 0.717) is 24.4 Å². The number of rotatable bonds is 9. The third kappa shape index (κ3) is 6.10. The van der Waals surface area contributed by atoms with Crippen LogP contribution >= 0.6 is 0 Å². The van der Waals surface area contributed by atoms with Gasteiger partial charge in [-0.3, -0.25) is 4.79 Å². The first kappa shape index (κ1) is 18.8. The first-order valence-corrected chi connectivity index (χ1v) is 8.19. The van der Waals surface area contributed by atoms with Crippen LogP contribution in [0, 0.1) is 6.92 Å². The highest BCUT2D eigenvalue weighted by Crippen LogP contribution is 2.15. The monoisotopic (exact) mass is 344 g/mol. The van der Waals surface area contributed by atoms with E-state index in [2.05, 4.69) is 10.6 Å². The van der Waals surface area contributed by atoms with Gasteiger partial charge in [-0.1, -0.05) is 29.8 Å². The van der Waals surface area contributed by atoms with Crippen molar-refractivity contribution in [3.63, 3.8) is 0 Å². The molecule has 1 unspecified atom stereocenters. The number of anilines is 1. The Balaban J connectivity index is 1.82. The van der Waals surface area contributed by atoms with E-state index in [1.165, 1.54) is 0 Å². The molecule has 0 aliphatic carbocycles. The number of carbonyl (C=O) groups excluding carboxylic acids is 1. The highest BCUT2D eigenvalue weighted by Gasteiger charge is 2.11. The second-order valence-corrected chi connectivity index (χ2v) is 5.68. The number of amides is 1. The first-order valence-electron chi connectivity index (χ1n) is 8.19. The standard InChI is InChI=1S/C19H24N2O4/c1-14-6-8-16(9-7-14)25-11-10-20-19(24)17-4-2-3-5-18(17)21-12-15(23)13-22/h2-9,15,21-23H,10-13H2,1H3,(H,20,24). The Bertz CT molecular complexity index is 673. The van der Waals surface area contributed by atoms with Crippen molar-refractivity contribution in [2.75, 3.05) is 31.6 Å². The summed E-state index contributed by atoms with van der Waals surface area (Å²) in [4.78, 5) is 12.3. The number of carbonyl (C=O) groups is 1. The van der Waals surface area contributed by atoms with Crippen LogP contribution in [0.4, 0.5) is 5.69 Å². The molecule has 0 bridgehead atoms. The van der Waals surface area contributed by atoms with E-state index in [9.17, 15) is 9.90 Å². The lowest BCUT2D eigenvalue weighted by Gasteiger charge is -2.14. The van der Waals surface area contributed by atoms with Gasteiger partial charge in [-0.25, -0.2) is 0 Å². The van der Waals surface area contributed by atoms with Crippen molar-refractivity contribution in [3.05, 3.63) is 59.7 Å². The van der Waals surface area contributed by atoms with E-state index in [1.807, 2.05) is 31.2 Å². The van der Waals surface area contributed by atoms with Crippen molar-refractivity contribution in [1.29, 1.82) is 0 Å². The summed E-state index contributed by atoms with van der Waals surface area (Å²) in [5.41, 5.74) is 2.24. The summed E-state index contributed by atoms with van der Waals surface area (Å²) < 4.78 is 5.58. The minimum atomic E-state index is -0.876. The fraction of sp³-hybridized carbons (Fsp3) is 0.316. The van der Waals surface area contributed by atoms with Gasteiger partial charge in [0.2, 0.25) is 0 Å². The Morgan fingerprint density at radius 2 is 1.88 bits per heavy atom. The van der Waals surface area contributed by atoms with Gasteiger partial charge in [0.05, 0.1) is 24.8 Å². The van der Waals surface area contributed by atoms with Crippen molar-refractivity contribution in [1.82, 2.24) is 5.32 Å². The topological polar surface area (TPSA) is 90.8 Å². The van der Waals surface area contributed by atoms with Crippen molar-refractivity contribution in [2.45, 2.75) is 13.0 Å². The van der Waals surface area contributed by atoms with Gasteiger partial charge < -0.3 is 25.6 Å². The molecule has 0 aliphatic rings. The number of aliphatic hydroxyl groups excluding tert-OH is 2. The van der Waals surface area contributed by atoms with Crippen molar-refractivity contribution < 1.29 is 19.7 Å². The van der Waals surface area contributed by atoms with Gasteiger partial charge in [-0.2, -0.15) is 0 Å². The number of nitrogens with one attached hydrogen (secondary N) is 2. The molecule has 6 heteroatoms. The molecule has 1 atom stereocenters. The number of hydrogen-bond acceptors (Lipinski definition) is 5. The molecule has 0 heterocycles. The SMILES string of the molecule is Cc1ccc(OCCNC(=O)c2ccccc2NCC(O)CO)cc1. The Hall–Kier alpha value is -2.57. The van der Waals surface area contributed by atoms with Crippen LogP contribution in [-0.2, 0) is 0 Å². The molecule has 0 saturated carbocycles. The van der Waals surface area contributed by atoms with E-state index >= 15 is 0 Å². The fourth-order valence-electron chi connectivity index (χ4n) is 2.19. The summed E-state index contributed by atoms with van der Waals surface area (Å²) >= 11 is 0. The normalized spacial score (nSPS) is 11.6. The number of para-hydroxylation sites is 1. The van der Waals surface area contributed by atoms with Gasteiger partial charge in [0.15, 0.2) is 0 Å². The smallest absolute Gasteiger partial charge is 0.253 e. The van der Waals surface area contributed by atoms with Crippen LogP contribution in [0.2, 0.25) is 0 Å². The molecular weight excluding hydrogens is 320 g/mol. The van der Waals surface area contributed by atoms with Crippen LogP contribution in [0.25, 0.3) is 0 Å². The lowest BCUT2D eigenvalue weighted by molar-refractivity contribution is 0.0946. The highest BCUT2D eigenvalue weighted by molar-refractivity contribution is 5.99. The van der Waals surface area contributed by atoms with Crippen LogP contribution in [-0.4, -0.2) is 48.5 Å². The average molecular weight is 344 g/mol. The second kappa shape index (κ2) is 9.66. The zero-order valence-electron chi connectivity index (χ0n) is 14.2. The molecule has 134 valence electrons. The van der Waals surface area contributed by atoms with Crippen LogP contribution in [0.1, 0.15) is 15.9 Å². The van der Waals surface area contributed by atoms with E-state index in [4.69, 9.17) is 9.84 Å². The molecule has 0 saturated heterocycles. The van der Waals surface area contributed by atoms with Crippen molar-refractivity contribution in [2.24, 2.45) is 0 Å². The Labute approximate surface area is 147 Å². The van der Waals surface area contributed by atoms with E-state index in [-0.39, 0.29) is 19.1 Å². The predicted molar refractivity (Wildman–Crippen MR) is 97.0 cm³/mol. The summed E-state index contributed by atoms with van der Waals surface area (Å²) in [6.07, 6.45) is -0.876. The van der Waals surface area contributed by atoms with Gasteiger partial charge in [-0.05, 0) is 31.2 Å². The molecule has 0 spiro atoms. The zero-order chi connectivity index (χ0) is 18.1. The highest BCUT2D eigenvalue weighted by atomic mass is 16.5. The van der Waals surface area contributed by atoms with Gasteiger partial charge >= 0.3 is 0 Å². The zero-order valence-corrected chi connectivity index (χ0v) is 14.2. The van der Waals surface area contributed by atoms with Gasteiger partial charge in [0, 0.05) is 12.2 Å². The van der Waals surface area contributed by atoms with Crippen molar-refractivity contribution >= 4 is 11.6 Å². The quantitative estimate of drug-likeness (QED) is 0.519. The minimum Gasteiger partial charge on any atom is -0.492 e. The summed E-state index contributed by atoms with van der Waals surface area (Å²) in [5, 5.41) is 24.0. The summed E-state index contributed by atoms with van der Waals surface area (Å²) in [6.45, 7) is 2.58. The molecule has 0 aromatic heterocycles. The summed E-state index contributed by atoms with van der Waals surface area (Å²) in [6, 6.07) is 14.7. The van der Waals surface area contributed by atoms with Gasteiger partial charge in [0.1, 0.15) is 12.4 Å². The Kier molecular flexibility index (Phi) is 7.25. The molecule has 2 rings (SSSR count). The lowest BCUT2D eigenvalue weighted by atomic mass is 10.1. The molecule has 6 nitrogen and oxygen atoms in total. The molecule has 4 N–H and O–H groups in total. The van der Waals surface area contributed by atoms with Crippen LogP contribution in [0.3, 0.4) is 0 Å². The third-order valence-corrected chi connectivity index (χ3v) is 3.59. The maximum atomic E-state index is 12.3. The summed E-state index contributed by atoms with van der Waals surface area (Å²) in [5.74, 6) is 0.536. The molecular formula is C19H24N2O4. The molecule has 0 aliphatic heterocycles. The third-order valence-electron chi connectivity index (χ3n) is 3.59. The second-order valence-electron chi connectivity index (χ2n) is 5.68. The Morgan fingerprint density at radius 3 is 2.60 bits per heavy atom. The van der Waals surface area contributed by atoms with Crippen molar-refractivity contribution in [3.8, 4) is 5.75 Å².